The number of carbonyl (C=O) groups is 1. The van der Waals surface area contributed by atoms with Crippen molar-refractivity contribution < 1.29 is 33.6 Å². The van der Waals surface area contributed by atoms with Crippen LogP contribution in [-0.2, 0) is 9.53 Å². The van der Waals surface area contributed by atoms with E-state index in [1.54, 1.807) is 12.1 Å². The number of methoxy groups -OCH3 is 2. The Bertz CT molecular complexity index is 1180. The predicted molar refractivity (Wildman–Crippen MR) is 161 cm³/mol. The lowest BCUT2D eigenvalue weighted by atomic mass is 9.62. The molecule has 5 rings (SSSR count). The molecule has 9 nitrogen and oxygen atoms in total. The number of phenols is 1. The minimum atomic E-state index is -0.372. The van der Waals surface area contributed by atoms with Crippen LogP contribution < -0.4 is 18.9 Å². The number of esters is 1. The van der Waals surface area contributed by atoms with Crippen LogP contribution in [-0.4, -0.2) is 88.3 Å². The summed E-state index contributed by atoms with van der Waals surface area (Å²) in [4.78, 5) is 18.1. The summed E-state index contributed by atoms with van der Waals surface area (Å²) >= 11 is 0. The second-order valence-corrected chi connectivity index (χ2v) is 10.6. The van der Waals surface area contributed by atoms with Gasteiger partial charge in [-0.1, -0.05) is 13.8 Å². The van der Waals surface area contributed by atoms with Gasteiger partial charge in [0, 0.05) is 24.9 Å². The molecule has 11 heteroatoms. The molecule has 0 aromatic heterocycles. The van der Waals surface area contributed by atoms with E-state index in [-0.39, 0.29) is 67.0 Å². The molecule has 0 bridgehead atoms. The van der Waals surface area contributed by atoms with Crippen LogP contribution in [0.2, 0.25) is 0 Å². The standard InChI is InChI=1S/C30H40N2O7.2ClH/c1-6-32(7-2)11-10-31(3)9-8-19-20-14-23-24(39-17-38-23)15-21(20)27(28-22(19)16-37-30(28)34)18-12-25(35-4)29(33)26(13-18)36-5;;/h12-15,19,22,27-28,33H,6-11,16-17H2,1-5H3;2*1H/t19-,22?,27-,28+;;/m1../s1. The molecule has 2 aromatic carbocycles. The summed E-state index contributed by atoms with van der Waals surface area (Å²) in [6.07, 6.45) is 0.897. The SMILES string of the molecule is CCN(CC)CCN(C)CC[C@@H]1c2cc3c(cc2[C@@H](c2cc(OC)c(O)c(OC)c2)[C@H]2C(=O)OCC12)OCO3.Cl.Cl. The molecule has 0 saturated carbocycles. The lowest BCUT2D eigenvalue weighted by Crippen LogP contribution is -2.37. The summed E-state index contributed by atoms with van der Waals surface area (Å²) in [7, 11) is 5.17. The molecule has 41 heavy (non-hydrogen) atoms. The zero-order chi connectivity index (χ0) is 27.7. The molecule has 228 valence electrons. The third kappa shape index (κ3) is 6.28. The van der Waals surface area contributed by atoms with E-state index in [1.165, 1.54) is 14.2 Å². The van der Waals surface area contributed by atoms with Gasteiger partial charge in [-0.25, -0.2) is 0 Å². The molecule has 2 heterocycles. The number of cyclic esters (lactones) is 1. The van der Waals surface area contributed by atoms with Gasteiger partial charge in [-0.05, 0) is 80.0 Å². The fourth-order valence-corrected chi connectivity index (χ4v) is 6.46. The van der Waals surface area contributed by atoms with Gasteiger partial charge in [0.25, 0.3) is 0 Å². The number of ether oxygens (including phenoxy) is 5. The van der Waals surface area contributed by atoms with Gasteiger partial charge < -0.3 is 38.6 Å². The average molecular weight is 614 g/mol. The lowest BCUT2D eigenvalue weighted by Gasteiger charge is -2.40. The molecule has 1 saturated heterocycles. The van der Waals surface area contributed by atoms with Crippen molar-refractivity contribution in [1.29, 1.82) is 0 Å². The Labute approximate surface area is 254 Å². The van der Waals surface area contributed by atoms with Gasteiger partial charge in [-0.3, -0.25) is 4.79 Å². The lowest BCUT2D eigenvalue weighted by molar-refractivity contribution is -0.141. The first-order valence-corrected chi connectivity index (χ1v) is 13.9. The van der Waals surface area contributed by atoms with Gasteiger partial charge in [-0.15, -0.1) is 24.8 Å². The Morgan fingerprint density at radius 1 is 0.902 bits per heavy atom. The number of aromatic hydroxyl groups is 1. The number of rotatable bonds is 11. The Kier molecular flexibility index (Phi) is 11.3. The van der Waals surface area contributed by atoms with Crippen molar-refractivity contribution in [2.24, 2.45) is 11.8 Å². The first-order valence-electron chi connectivity index (χ1n) is 13.9. The maximum absolute atomic E-state index is 13.3. The molecular formula is C30H42Cl2N2O7. The molecule has 1 N–H and O–H groups in total. The van der Waals surface area contributed by atoms with Crippen molar-refractivity contribution >= 4 is 30.8 Å². The van der Waals surface area contributed by atoms with E-state index in [0.717, 1.165) is 61.6 Å². The summed E-state index contributed by atoms with van der Waals surface area (Å²) in [6.45, 7) is 9.97. The molecule has 1 fully saturated rings. The number of benzene rings is 2. The third-order valence-corrected chi connectivity index (χ3v) is 8.72. The molecule has 2 aliphatic heterocycles. The van der Waals surface area contributed by atoms with E-state index in [1.807, 2.05) is 6.07 Å². The number of nitrogens with zero attached hydrogens (tertiary/aromatic N) is 2. The van der Waals surface area contributed by atoms with Crippen LogP contribution in [0.25, 0.3) is 0 Å². The zero-order valence-corrected chi connectivity index (χ0v) is 26.0. The molecule has 0 radical (unpaired) electrons. The number of likely N-dealkylation sites (N-methyl/N-ethyl adjacent to an activating group) is 2. The number of hydrogen-bond acceptors (Lipinski definition) is 9. The summed E-state index contributed by atoms with van der Waals surface area (Å²) in [5, 5.41) is 10.6. The van der Waals surface area contributed by atoms with Crippen molar-refractivity contribution in [3.05, 3.63) is 41.0 Å². The second kappa shape index (κ2) is 14.1. The Hall–Kier alpha value is -2.59. The summed E-state index contributed by atoms with van der Waals surface area (Å²) in [5.41, 5.74) is 3.00. The van der Waals surface area contributed by atoms with E-state index in [2.05, 4.69) is 36.8 Å². The second-order valence-electron chi connectivity index (χ2n) is 10.6. The van der Waals surface area contributed by atoms with Gasteiger partial charge >= 0.3 is 5.97 Å². The van der Waals surface area contributed by atoms with Gasteiger partial charge in [0.05, 0.1) is 26.7 Å². The highest BCUT2D eigenvalue weighted by Crippen LogP contribution is 2.56. The molecule has 2 aromatic rings. The Balaban J connectivity index is 0.00000231. The normalized spacial score (nSPS) is 22.0. The largest absolute Gasteiger partial charge is 0.502 e. The topological polar surface area (TPSA) is 89.9 Å². The number of halogens is 2. The fourth-order valence-electron chi connectivity index (χ4n) is 6.46. The van der Waals surface area contributed by atoms with Crippen molar-refractivity contribution in [2.45, 2.75) is 32.1 Å². The van der Waals surface area contributed by atoms with E-state index in [4.69, 9.17) is 23.7 Å². The van der Waals surface area contributed by atoms with Crippen LogP contribution >= 0.6 is 24.8 Å². The number of carbonyl (C=O) groups excluding carboxylic acids is 1. The Morgan fingerprint density at radius 3 is 2.10 bits per heavy atom. The third-order valence-electron chi connectivity index (χ3n) is 8.72. The van der Waals surface area contributed by atoms with Gasteiger partial charge in [0.15, 0.2) is 23.0 Å². The van der Waals surface area contributed by atoms with E-state index in [9.17, 15) is 9.90 Å². The fraction of sp³-hybridized carbons (Fsp3) is 0.567. The highest BCUT2D eigenvalue weighted by molar-refractivity contribution is 5.85. The van der Waals surface area contributed by atoms with Crippen LogP contribution in [0.3, 0.4) is 0 Å². The minimum Gasteiger partial charge on any atom is -0.502 e. The van der Waals surface area contributed by atoms with Crippen molar-refractivity contribution in [1.82, 2.24) is 9.80 Å². The molecule has 0 amide bonds. The smallest absolute Gasteiger partial charge is 0.310 e. The average Bonchev–Trinajstić information content (AvgIpc) is 3.57. The molecule has 1 aliphatic carbocycles. The number of fused-ring (bicyclic) bond motifs is 3. The maximum Gasteiger partial charge on any atom is 0.310 e. The van der Waals surface area contributed by atoms with Crippen molar-refractivity contribution in [3.8, 4) is 28.7 Å². The number of hydrogen-bond donors (Lipinski definition) is 1. The van der Waals surface area contributed by atoms with E-state index in [0.29, 0.717) is 23.9 Å². The first kappa shape index (κ1) is 32.9. The molecule has 0 spiro atoms. The Morgan fingerprint density at radius 2 is 1.51 bits per heavy atom. The van der Waals surface area contributed by atoms with Crippen LogP contribution in [0.15, 0.2) is 24.3 Å². The van der Waals surface area contributed by atoms with E-state index < -0.39 is 0 Å². The molecule has 3 aliphatic rings. The quantitative estimate of drug-likeness (QED) is 0.364. The van der Waals surface area contributed by atoms with Crippen LogP contribution in [0, 0.1) is 11.8 Å². The first-order chi connectivity index (χ1) is 18.9. The zero-order valence-electron chi connectivity index (χ0n) is 24.4. The summed E-state index contributed by atoms with van der Waals surface area (Å²) < 4.78 is 28.2. The number of phenolic OH excluding ortho intramolecular Hbond substituents is 1. The molecular weight excluding hydrogens is 571 g/mol. The van der Waals surface area contributed by atoms with Gasteiger partial charge in [0.2, 0.25) is 12.5 Å². The monoisotopic (exact) mass is 612 g/mol. The van der Waals surface area contributed by atoms with Crippen LogP contribution in [0.1, 0.15) is 48.8 Å². The minimum absolute atomic E-state index is 0. The highest BCUT2D eigenvalue weighted by atomic mass is 35.5. The van der Waals surface area contributed by atoms with Crippen LogP contribution in [0.5, 0.6) is 28.7 Å². The van der Waals surface area contributed by atoms with Gasteiger partial charge in [0.1, 0.15) is 0 Å². The molecule has 1 unspecified atom stereocenters. The van der Waals surface area contributed by atoms with Crippen molar-refractivity contribution in [2.75, 3.05) is 67.4 Å². The maximum atomic E-state index is 13.3. The van der Waals surface area contributed by atoms with Crippen molar-refractivity contribution in [3.63, 3.8) is 0 Å². The predicted octanol–water partition coefficient (Wildman–Crippen LogP) is 4.66. The van der Waals surface area contributed by atoms with Gasteiger partial charge in [-0.2, -0.15) is 0 Å². The summed E-state index contributed by atoms with van der Waals surface area (Å²) in [6, 6.07) is 7.70. The summed E-state index contributed by atoms with van der Waals surface area (Å²) in [5.74, 6) is 1.20. The molecule has 4 atom stereocenters. The van der Waals surface area contributed by atoms with Crippen LogP contribution in [0.4, 0.5) is 0 Å². The van der Waals surface area contributed by atoms with E-state index >= 15 is 0 Å². The highest BCUT2D eigenvalue weighted by Gasteiger charge is 2.52.